The summed E-state index contributed by atoms with van der Waals surface area (Å²) in [5.41, 5.74) is 2.76. The molecule has 0 bridgehead atoms. The normalized spacial score (nSPS) is 17.0. The summed E-state index contributed by atoms with van der Waals surface area (Å²) in [5, 5.41) is 17.4. The Hall–Kier alpha value is -2.34. The van der Waals surface area contributed by atoms with Crippen molar-refractivity contribution in [3.8, 4) is 0 Å². The number of nitro benzene ring substituents is 1. The second kappa shape index (κ2) is 6.19. The van der Waals surface area contributed by atoms with Crippen LogP contribution in [0.15, 0.2) is 34.9 Å². The van der Waals surface area contributed by atoms with Crippen LogP contribution in [0.4, 0.5) is 11.4 Å². The third kappa shape index (κ3) is 2.82. The van der Waals surface area contributed by atoms with Crippen LogP contribution in [0.5, 0.6) is 0 Å². The average Bonchev–Trinajstić information content (AvgIpc) is 3.01. The van der Waals surface area contributed by atoms with E-state index in [2.05, 4.69) is 10.6 Å². The van der Waals surface area contributed by atoms with Gasteiger partial charge in [-0.2, -0.15) is 0 Å². The molecule has 1 heterocycles. The van der Waals surface area contributed by atoms with Crippen molar-refractivity contribution in [2.45, 2.75) is 31.8 Å². The monoisotopic (exact) mass is 301 g/mol. The minimum absolute atomic E-state index is 0.106. The maximum Gasteiger partial charge on any atom is 0.292 e. The number of rotatable bonds is 5. The van der Waals surface area contributed by atoms with Crippen molar-refractivity contribution < 1.29 is 9.34 Å². The van der Waals surface area contributed by atoms with Gasteiger partial charge < -0.3 is 15.1 Å². The number of furan rings is 1. The highest BCUT2D eigenvalue weighted by Gasteiger charge is 2.22. The Kier molecular flexibility index (Phi) is 4.11. The van der Waals surface area contributed by atoms with Gasteiger partial charge in [-0.3, -0.25) is 10.1 Å². The topological polar surface area (TPSA) is 80.3 Å². The van der Waals surface area contributed by atoms with E-state index in [0.29, 0.717) is 12.2 Å². The van der Waals surface area contributed by atoms with Crippen molar-refractivity contribution in [1.82, 2.24) is 5.32 Å². The summed E-state index contributed by atoms with van der Waals surface area (Å²) in [4.78, 5) is 10.7. The summed E-state index contributed by atoms with van der Waals surface area (Å²) in [6, 6.07) is 7.55. The molecular weight excluding hydrogens is 282 g/mol. The minimum Gasteiger partial charge on any atom is -0.469 e. The van der Waals surface area contributed by atoms with Gasteiger partial charge in [0.2, 0.25) is 0 Å². The van der Waals surface area contributed by atoms with Gasteiger partial charge in [0.1, 0.15) is 11.4 Å². The van der Waals surface area contributed by atoms with Crippen LogP contribution in [-0.2, 0) is 13.0 Å². The van der Waals surface area contributed by atoms with Gasteiger partial charge in [0, 0.05) is 37.7 Å². The molecule has 2 aromatic rings. The van der Waals surface area contributed by atoms with E-state index in [1.807, 2.05) is 12.1 Å². The van der Waals surface area contributed by atoms with Crippen LogP contribution in [0.2, 0.25) is 0 Å². The molecule has 0 unspecified atom stereocenters. The fraction of sp³-hybridized carbons (Fsp3) is 0.375. The highest BCUT2D eigenvalue weighted by molar-refractivity contribution is 5.62. The molecule has 1 atom stereocenters. The van der Waals surface area contributed by atoms with Gasteiger partial charge in [0.25, 0.3) is 5.69 Å². The van der Waals surface area contributed by atoms with Crippen LogP contribution in [-0.4, -0.2) is 12.0 Å². The van der Waals surface area contributed by atoms with Gasteiger partial charge in [-0.25, -0.2) is 0 Å². The van der Waals surface area contributed by atoms with Crippen molar-refractivity contribution >= 4 is 11.4 Å². The van der Waals surface area contributed by atoms with E-state index >= 15 is 0 Å². The van der Waals surface area contributed by atoms with Gasteiger partial charge in [-0.05, 0) is 30.5 Å². The number of hydrogen-bond donors (Lipinski definition) is 2. The molecule has 6 heteroatoms. The first kappa shape index (κ1) is 14.6. The molecular formula is C16H19N3O3. The molecule has 116 valence electrons. The van der Waals surface area contributed by atoms with Gasteiger partial charge >= 0.3 is 0 Å². The fourth-order valence-corrected chi connectivity index (χ4v) is 2.99. The van der Waals surface area contributed by atoms with Gasteiger partial charge in [0.15, 0.2) is 0 Å². The molecule has 0 spiro atoms. The van der Waals surface area contributed by atoms with E-state index in [9.17, 15) is 10.1 Å². The molecule has 1 aliphatic carbocycles. The molecule has 0 saturated heterocycles. The van der Waals surface area contributed by atoms with Crippen LogP contribution in [0.1, 0.15) is 35.8 Å². The molecule has 3 rings (SSSR count). The average molecular weight is 301 g/mol. The summed E-state index contributed by atoms with van der Waals surface area (Å²) in [5.74, 6) is 1.06. The number of benzene rings is 1. The minimum atomic E-state index is -0.357. The van der Waals surface area contributed by atoms with E-state index in [1.165, 1.54) is 5.56 Å². The summed E-state index contributed by atoms with van der Waals surface area (Å²) in [6.45, 7) is 0.597. The zero-order valence-electron chi connectivity index (χ0n) is 12.5. The van der Waals surface area contributed by atoms with Crippen LogP contribution >= 0.6 is 0 Å². The molecule has 22 heavy (non-hydrogen) atoms. The molecule has 0 amide bonds. The predicted molar refractivity (Wildman–Crippen MR) is 83.9 cm³/mol. The summed E-state index contributed by atoms with van der Waals surface area (Å²) in [6.07, 6.45) is 4.88. The lowest BCUT2D eigenvalue weighted by Gasteiger charge is -2.22. The van der Waals surface area contributed by atoms with Crippen LogP contribution < -0.4 is 10.6 Å². The van der Waals surface area contributed by atoms with Gasteiger partial charge in [0.05, 0.1) is 11.2 Å². The second-order valence-corrected chi connectivity index (χ2v) is 5.48. The number of aryl methyl sites for hydroxylation is 1. The fourth-order valence-electron chi connectivity index (χ4n) is 2.99. The van der Waals surface area contributed by atoms with Crippen LogP contribution in [0.3, 0.4) is 0 Å². The van der Waals surface area contributed by atoms with E-state index in [-0.39, 0.29) is 16.7 Å². The SMILES string of the molecule is CNc1ccc(CN[C@@H]2CCCc3occc32)cc1[N+](=O)[O-]. The first-order valence-electron chi connectivity index (χ1n) is 7.43. The highest BCUT2D eigenvalue weighted by Crippen LogP contribution is 2.31. The number of nitrogens with zero attached hydrogens (tertiary/aromatic N) is 1. The summed E-state index contributed by atoms with van der Waals surface area (Å²) < 4.78 is 5.48. The molecule has 1 aromatic heterocycles. The molecule has 2 N–H and O–H groups in total. The zero-order chi connectivity index (χ0) is 15.5. The third-order valence-electron chi connectivity index (χ3n) is 4.13. The number of nitro groups is 1. The Balaban J connectivity index is 1.73. The first-order valence-corrected chi connectivity index (χ1v) is 7.43. The Bertz CT molecular complexity index is 681. The zero-order valence-corrected chi connectivity index (χ0v) is 12.5. The molecule has 6 nitrogen and oxygen atoms in total. The maximum absolute atomic E-state index is 11.1. The van der Waals surface area contributed by atoms with Gasteiger partial charge in [-0.15, -0.1) is 0 Å². The lowest BCUT2D eigenvalue weighted by atomic mass is 9.93. The predicted octanol–water partition coefficient (Wildman–Crippen LogP) is 3.40. The van der Waals surface area contributed by atoms with Crippen LogP contribution in [0.25, 0.3) is 0 Å². The Morgan fingerprint density at radius 1 is 1.41 bits per heavy atom. The largest absolute Gasteiger partial charge is 0.469 e. The molecule has 0 radical (unpaired) electrons. The van der Waals surface area contributed by atoms with Gasteiger partial charge in [-0.1, -0.05) is 6.07 Å². The Morgan fingerprint density at radius 3 is 3.05 bits per heavy atom. The first-order chi connectivity index (χ1) is 10.7. The summed E-state index contributed by atoms with van der Waals surface area (Å²) in [7, 11) is 1.68. The Labute approximate surface area is 128 Å². The van der Waals surface area contributed by atoms with Crippen molar-refractivity contribution in [1.29, 1.82) is 0 Å². The molecule has 0 aliphatic heterocycles. The van der Waals surface area contributed by atoms with E-state index in [1.54, 1.807) is 25.4 Å². The number of hydrogen-bond acceptors (Lipinski definition) is 5. The smallest absolute Gasteiger partial charge is 0.292 e. The van der Waals surface area contributed by atoms with E-state index in [0.717, 1.165) is 30.6 Å². The van der Waals surface area contributed by atoms with E-state index < -0.39 is 0 Å². The Morgan fingerprint density at radius 2 is 2.27 bits per heavy atom. The summed E-state index contributed by atoms with van der Waals surface area (Å²) >= 11 is 0. The molecule has 1 aromatic carbocycles. The van der Waals surface area contributed by atoms with Crippen LogP contribution in [0, 0.1) is 10.1 Å². The maximum atomic E-state index is 11.1. The molecule has 0 saturated carbocycles. The van der Waals surface area contributed by atoms with Crippen molar-refractivity contribution in [3.63, 3.8) is 0 Å². The highest BCUT2D eigenvalue weighted by atomic mass is 16.6. The quantitative estimate of drug-likeness (QED) is 0.653. The van der Waals surface area contributed by atoms with E-state index in [4.69, 9.17) is 4.42 Å². The lowest BCUT2D eigenvalue weighted by molar-refractivity contribution is -0.384. The second-order valence-electron chi connectivity index (χ2n) is 5.48. The standard InChI is InChI=1S/C16H19N3O3/c1-17-14-6-5-11(9-15(14)19(20)21)10-18-13-3-2-4-16-12(13)7-8-22-16/h5-9,13,17-18H,2-4,10H2,1H3/t13-/m1/s1. The third-order valence-corrected chi connectivity index (χ3v) is 4.13. The van der Waals surface area contributed by atoms with Crippen molar-refractivity contribution in [2.24, 2.45) is 0 Å². The number of anilines is 1. The number of nitrogens with one attached hydrogen (secondary N) is 2. The van der Waals surface area contributed by atoms with Crippen molar-refractivity contribution in [3.05, 3.63) is 57.5 Å². The lowest BCUT2D eigenvalue weighted by Crippen LogP contribution is -2.24. The molecule has 1 aliphatic rings. The number of fused-ring (bicyclic) bond motifs is 1. The van der Waals surface area contributed by atoms with Crippen molar-refractivity contribution in [2.75, 3.05) is 12.4 Å². The molecule has 0 fully saturated rings.